The van der Waals surface area contributed by atoms with Crippen molar-refractivity contribution in [3.63, 3.8) is 0 Å². The van der Waals surface area contributed by atoms with Crippen LogP contribution in [-0.4, -0.2) is 50.7 Å². The van der Waals surface area contributed by atoms with Gasteiger partial charge in [0, 0.05) is 31.5 Å². The van der Waals surface area contributed by atoms with Crippen molar-refractivity contribution >= 4 is 6.03 Å². The van der Waals surface area contributed by atoms with E-state index >= 15 is 0 Å². The van der Waals surface area contributed by atoms with E-state index in [0.29, 0.717) is 18.0 Å². The number of amides is 2. The molecule has 3 atom stereocenters. The van der Waals surface area contributed by atoms with E-state index in [0.717, 1.165) is 12.0 Å². The highest BCUT2D eigenvalue weighted by molar-refractivity contribution is 5.74. The Bertz CT molecular complexity index is 640. The van der Waals surface area contributed by atoms with Gasteiger partial charge in [0.2, 0.25) is 0 Å². The van der Waals surface area contributed by atoms with Gasteiger partial charge in [-0.15, -0.1) is 0 Å². The predicted molar refractivity (Wildman–Crippen MR) is 101 cm³/mol. The van der Waals surface area contributed by atoms with E-state index in [2.05, 4.69) is 5.32 Å². The highest BCUT2D eigenvalue weighted by Crippen LogP contribution is 2.37. The van der Waals surface area contributed by atoms with E-state index in [1.807, 2.05) is 25.1 Å². The molecule has 1 heterocycles. The maximum absolute atomic E-state index is 13.9. The standard InChI is InChI=1S/C20H30F2N2O3/c1-13(8-16-6-7-17(26-4)18(9-16)27-5)10-23-19(25)24-11-14(2)20(21,22)15(3)12-24/h6-7,9,13-15H,8,10-12H2,1-5H3,(H,23,25). The normalized spacial score (nSPS) is 22.9. The minimum atomic E-state index is -2.72. The molecule has 0 radical (unpaired) electrons. The number of carbonyl (C=O) groups excluding carboxylic acids is 1. The van der Waals surface area contributed by atoms with Gasteiger partial charge in [-0.3, -0.25) is 0 Å². The number of likely N-dealkylation sites (tertiary alicyclic amines) is 1. The second kappa shape index (κ2) is 8.76. The first-order valence-corrected chi connectivity index (χ1v) is 9.30. The van der Waals surface area contributed by atoms with Crippen LogP contribution in [0.1, 0.15) is 26.3 Å². The first-order chi connectivity index (χ1) is 12.7. The lowest BCUT2D eigenvalue weighted by Gasteiger charge is -2.41. The average molecular weight is 384 g/mol. The fraction of sp³-hybridized carbons (Fsp3) is 0.650. The molecule has 1 N–H and O–H groups in total. The molecule has 0 spiro atoms. The van der Waals surface area contributed by atoms with Gasteiger partial charge in [0.15, 0.2) is 11.5 Å². The number of halogens is 2. The lowest BCUT2D eigenvalue weighted by molar-refractivity contribution is -0.131. The van der Waals surface area contributed by atoms with Crippen molar-refractivity contribution in [2.24, 2.45) is 17.8 Å². The quantitative estimate of drug-likeness (QED) is 0.811. The zero-order valence-electron chi connectivity index (χ0n) is 16.7. The summed E-state index contributed by atoms with van der Waals surface area (Å²) in [7, 11) is 3.18. The highest BCUT2D eigenvalue weighted by atomic mass is 19.3. The average Bonchev–Trinajstić information content (AvgIpc) is 2.64. The Morgan fingerprint density at radius 1 is 1.22 bits per heavy atom. The van der Waals surface area contributed by atoms with E-state index < -0.39 is 17.8 Å². The number of rotatable bonds is 6. The molecule has 152 valence electrons. The van der Waals surface area contributed by atoms with Gasteiger partial charge in [-0.05, 0) is 30.0 Å². The maximum Gasteiger partial charge on any atom is 0.317 e. The first kappa shape index (κ1) is 21.3. The molecular formula is C20H30F2N2O3. The molecule has 1 aromatic carbocycles. The number of nitrogens with one attached hydrogen (secondary N) is 1. The topological polar surface area (TPSA) is 50.8 Å². The Hall–Kier alpha value is -2.05. The lowest BCUT2D eigenvalue weighted by atomic mass is 9.87. The van der Waals surface area contributed by atoms with Crippen molar-refractivity contribution in [3.05, 3.63) is 23.8 Å². The van der Waals surface area contributed by atoms with Crippen LogP contribution in [0.5, 0.6) is 11.5 Å². The van der Waals surface area contributed by atoms with Crippen molar-refractivity contribution in [2.75, 3.05) is 33.9 Å². The number of ether oxygens (including phenoxy) is 2. The van der Waals surface area contributed by atoms with Crippen molar-refractivity contribution in [1.29, 1.82) is 0 Å². The minimum absolute atomic E-state index is 0.0766. The molecule has 1 aromatic rings. The second-order valence-corrected chi connectivity index (χ2v) is 7.57. The van der Waals surface area contributed by atoms with Gasteiger partial charge in [0.1, 0.15) is 0 Å². The Balaban J connectivity index is 1.86. The zero-order chi connectivity index (χ0) is 20.2. The third kappa shape index (κ3) is 5.02. The second-order valence-electron chi connectivity index (χ2n) is 7.57. The lowest BCUT2D eigenvalue weighted by Crippen LogP contribution is -2.55. The van der Waals surface area contributed by atoms with E-state index in [1.54, 1.807) is 14.2 Å². The smallest absolute Gasteiger partial charge is 0.317 e. The Labute approximate surface area is 160 Å². The molecule has 3 unspecified atom stereocenters. The van der Waals surface area contributed by atoms with Crippen molar-refractivity contribution in [3.8, 4) is 11.5 Å². The summed E-state index contributed by atoms with van der Waals surface area (Å²) in [5, 5.41) is 2.88. The molecule has 2 rings (SSSR count). The molecule has 0 aromatic heterocycles. The molecular weight excluding hydrogens is 354 g/mol. The van der Waals surface area contributed by atoms with E-state index in [4.69, 9.17) is 9.47 Å². The Morgan fingerprint density at radius 2 is 1.81 bits per heavy atom. The van der Waals surface area contributed by atoms with E-state index in [1.165, 1.54) is 18.7 Å². The summed E-state index contributed by atoms with van der Waals surface area (Å²) >= 11 is 0. The summed E-state index contributed by atoms with van der Waals surface area (Å²) in [5.41, 5.74) is 1.08. The summed E-state index contributed by atoms with van der Waals surface area (Å²) in [5.74, 6) is -2.87. The van der Waals surface area contributed by atoms with Crippen LogP contribution >= 0.6 is 0 Å². The van der Waals surface area contributed by atoms with Gasteiger partial charge in [0.05, 0.1) is 14.2 Å². The van der Waals surface area contributed by atoms with E-state index in [-0.39, 0.29) is 25.0 Å². The number of piperidine rings is 1. The number of methoxy groups -OCH3 is 2. The van der Waals surface area contributed by atoms with Crippen LogP contribution in [0.2, 0.25) is 0 Å². The maximum atomic E-state index is 13.9. The molecule has 0 bridgehead atoms. The monoisotopic (exact) mass is 384 g/mol. The molecule has 27 heavy (non-hydrogen) atoms. The third-order valence-corrected chi connectivity index (χ3v) is 5.22. The number of alkyl halides is 2. The SMILES string of the molecule is COc1ccc(CC(C)CNC(=O)N2CC(C)C(F)(F)C(C)C2)cc1OC. The van der Waals surface area contributed by atoms with Crippen LogP contribution in [0, 0.1) is 17.8 Å². The number of carbonyl (C=O) groups is 1. The highest BCUT2D eigenvalue weighted by Gasteiger charge is 2.48. The third-order valence-electron chi connectivity index (χ3n) is 5.22. The largest absolute Gasteiger partial charge is 0.493 e. The van der Waals surface area contributed by atoms with Gasteiger partial charge in [-0.25, -0.2) is 13.6 Å². The molecule has 0 aliphatic carbocycles. The molecule has 1 aliphatic heterocycles. The summed E-state index contributed by atoms with van der Waals surface area (Å²) in [6.07, 6.45) is 0.755. The van der Waals surface area contributed by atoms with Crippen LogP contribution in [0.4, 0.5) is 13.6 Å². The van der Waals surface area contributed by atoms with Crippen LogP contribution in [-0.2, 0) is 6.42 Å². The van der Waals surface area contributed by atoms with Crippen LogP contribution < -0.4 is 14.8 Å². The van der Waals surface area contributed by atoms with Gasteiger partial charge in [0.25, 0.3) is 5.92 Å². The minimum Gasteiger partial charge on any atom is -0.493 e. The Morgan fingerprint density at radius 3 is 2.37 bits per heavy atom. The number of urea groups is 1. The van der Waals surface area contributed by atoms with Gasteiger partial charge in [-0.1, -0.05) is 26.8 Å². The molecule has 7 heteroatoms. The zero-order valence-corrected chi connectivity index (χ0v) is 16.7. The summed E-state index contributed by atoms with van der Waals surface area (Å²) in [6.45, 7) is 5.65. The number of hydrogen-bond acceptors (Lipinski definition) is 3. The molecule has 1 saturated heterocycles. The summed E-state index contributed by atoms with van der Waals surface area (Å²) in [6, 6.07) is 5.47. The van der Waals surface area contributed by atoms with Gasteiger partial charge < -0.3 is 19.7 Å². The summed E-state index contributed by atoms with van der Waals surface area (Å²) in [4.78, 5) is 13.9. The van der Waals surface area contributed by atoms with Crippen molar-refractivity contribution < 1.29 is 23.0 Å². The fourth-order valence-corrected chi connectivity index (χ4v) is 3.49. The van der Waals surface area contributed by atoms with E-state index in [9.17, 15) is 13.6 Å². The molecule has 1 fully saturated rings. The summed E-state index contributed by atoms with van der Waals surface area (Å²) < 4.78 is 38.4. The molecule has 2 amide bonds. The fourth-order valence-electron chi connectivity index (χ4n) is 3.49. The van der Waals surface area contributed by atoms with Crippen LogP contribution in [0.25, 0.3) is 0 Å². The predicted octanol–water partition coefficient (Wildman–Crippen LogP) is 3.82. The molecule has 5 nitrogen and oxygen atoms in total. The molecule has 1 aliphatic rings. The van der Waals surface area contributed by atoms with Crippen LogP contribution in [0.15, 0.2) is 18.2 Å². The Kier molecular flexibility index (Phi) is 6.89. The van der Waals surface area contributed by atoms with Crippen molar-refractivity contribution in [1.82, 2.24) is 10.2 Å². The molecule has 0 saturated carbocycles. The first-order valence-electron chi connectivity index (χ1n) is 9.30. The van der Waals surface area contributed by atoms with Gasteiger partial charge in [-0.2, -0.15) is 0 Å². The van der Waals surface area contributed by atoms with Crippen molar-refractivity contribution in [2.45, 2.75) is 33.1 Å². The number of benzene rings is 1. The van der Waals surface area contributed by atoms with Gasteiger partial charge >= 0.3 is 6.03 Å². The number of nitrogens with zero attached hydrogens (tertiary/aromatic N) is 1. The number of hydrogen-bond donors (Lipinski definition) is 1. The van der Waals surface area contributed by atoms with Crippen LogP contribution in [0.3, 0.4) is 0 Å².